The lowest BCUT2D eigenvalue weighted by Crippen LogP contribution is -2.28. The molecule has 0 heterocycles. The first kappa shape index (κ1) is 15.0. The van der Waals surface area contributed by atoms with Gasteiger partial charge in [-0.1, -0.05) is 12.1 Å². The number of ether oxygens (including phenoxy) is 1. The normalized spacial score (nSPS) is 11.7. The van der Waals surface area contributed by atoms with E-state index in [1.54, 1.807) is 0 Å². The molecule has 0 radical (unpaired) electrons. The third-order valence-corrected chi connectivity index (χ3v) is 3.46. The monoisotopic (exact) mass is 276 g/mol. The lowest BCUT2D eigenvalue weighted by Gasteiger charge is -2.07. The van der Waals surface area contributed by atoms with Gasteiger partial charge in [0.15, 0.2) is 0 Å². The van der Waals surface area contributed by atoms with Gasteiger partial charge in [-0.05, 0) is 17.7 Å². The van der Waals surface area contributed by atoms with Crippen LogP contribution in [0.4, 0.5) is 4.39 Å². The van der Waals surface area contributed by atoms with Crippen LogP contribution in [0.15, 0.2) is 24.3 Å². The highest BCUT2D eigenvalue weighted by Gasteiger charge is 2.09. The lowest BCUT2D eigenvalue weighted by molar-refractivity contribution is 0.156. The van der Waals surface area contributed by atoms with E-state index >= 15 is 0 Å². The van der Waals surface area contributed by atoms with Gasteiger partial charge in [0.1, 0.15) is 5.82 Å². The molecular weight excluding hydrogens is 259 g/mol. The van der Waals surface area contributed by atoms with Crippen LogP contribution in [0.1, 0.15) is 5.56 Å². The summed E-state index contributed by atoms with van der Waals surface area (Å²) in [6.07, 6.45) is 0. The van der Waals surface area contributed by atoms with Crippen molar-refractivity contribution in [2.75, 3.05) is 25.5 Å². The van der Waals surface area contributed by atoms with Crippen LogP contribution in [-0.4, -0.2) is 33.9 Å². The fourth-order valence-corrected chi connectivity index (χ4v) is 2.09. The van der Waals surface area contributed by atoms with Gasteiger partial charge >= 0.3 is 0 Å². The maximum absolute atomic E-state index is 12.6. The fourth-order valence-electron chi connectivity index (χ4n) is 1.22. The highest BCUT2D eigenvalue weighted by molar-refractivity contribution is 7.89. The van der Waals surface area contributed by atoms with Crippen molar-refractivity contribution in [1.29, 1.82) is 0 Å². The van der Waals surface area contributed by atoms with Crippen molar-refractivity contribution in [1.82, 2.24) is 4.72 Å². The van der Waals surface area contributed by atoms with E-state index < -0.39 is 10.0 Å². The molecule has 0 amide bonds. The van der Waals surface area contributed by atoms with Crippen molar-refractivity contribution in [3.8, 4) is 0 Å². The summed E-state index contributed by atoms with van der Waals surface area (Å²) >= 11 is 0. The van der Waals surface area contributed by atoms with Crippen LogP contribution in [0.5, 0.6) is 0 Å². The van der Waals surface area contributed by atoms with Crippen LogP contribution in [0, 0.1) is 5.82 Å². The standard InChI is InChI=1S/C11H17FN2O3S/c12-11-3-1-10(2-4-11)9-14-18(15,16)8-7-17-6-5-13/h1-4,14H,5-9,13H2. The molecule has 1 rings (SSSR count). The van der Waals surface area contributed by atoms with Gasteiger partial charge in [0.2, 0.25) is 10.0 Å². The Morgan fingerprint density at radius 3 is 2.50 bits per heavy atom. The van der Waals surface area contributed by atoms with Crippen LogP contribution in [0.3, 0.4) is 0 Å². The van der Waals surface area contributed by atoms with E-state index in [1.807, 2.05) is 0 Å². The smallest absolute Gasteiger partial charge is 0.214 e. The summed E-state index contributed by atoms with van der Waals surface area (Å²) < 4.78 is 43.1. The molecule has 0 aliphatic carbocycles. The molecule has 1 aromatic rings. The molecule has 0 aromatic heterocycles. The number of sulfonamides is 1. The number of hydrogen-bond donors (Lipinski definition) is 2. The Morgan fingerprint density at radius 2 is 1.89 bits per heavy atom. The van der Waals surface area contributed by atoms with Gasteiger partial charge in [-0.15, -0.1) is 0 Å². The first-order chi connectivity index (χ1) is 8.53. The van der Waals surface area contributed by atoms with Gasteiger partial charge in [-0.2, -0.15) is 0 Å². The van der Waals surface area contributed by atoms with E-state index in [-0.39, 0.29) is 24.7 Å². The molecule has 0 unspecified atom stereocenters. The minimum atomic E-state index is -3.38. The molecule has 18 heavy (non-hydrogen) atoms. The topological polar surface area (TPSA) is 81.4 Å². The number of hydrogen-bond acceptors (Lipinski definition) is 4. The zero-order valence-corrected chi connectivity index (χ0v) is 10.7. The second kappa shape index (κ2) is 7.42. The molecule has 1 aromatic carbocycles. The third-order valence-electron chi connectivity index (χ3n) is 2.17. The van der Waals surface area contributed by atoms with Gasteiger partial charge in [-0.25, -0.2) is 17.5 Å². The molecule has 0 aliphatic rings. The lowest BCUT2D eigenvalue weighted by atomic mass is 10.2. The second-order valence-corrected chi connectivity index (χ2v) is 5.59. The molecule has 0 atom stereocenters. The average molecular weight is 276 g/mol. The first-order valence-electron chi connectivity index (χ1n) is 5.53. The Balaban J connectivity index is 2.34. The summed E-state index contributed by atoms with van der Waals surface area (Å²) in [5, 5.41) is 0. The van der Waals surface area contributed by atoms with Crippen molar-refractivity contribution >= 4 is 10.0 Å². The number of rotatable bonds is 8. The van der Waals surface area contributed by atoms with Crippen molar-refractivity contribution in [3.05, 3.63) is 35.6 Å². The molecule has 7 heteroatoms. The van der Waals surface area contributed by atoms with Gasteiger partial charge in [0.05, 0.1) is 19.0 Å². The van der Waals surface area contributed by atoms with Crippen molar-refractivity contribution in [2.45, 2.75) is 6.54 Å². The van der Waals surface area contributed by atoms with E-state index in [4.69, 9.17) is 10.5 Å². The Labute approximate surface area is 106 Å². The molecule has 0 aliphatic heterocycles. The molecule has 5 nitrogen and oxygen atoms in total. The van der Waals surface area contributed by atoms with E-state index in [9.17, 15) is 12.8 Å². The maximum Gasteiger partial charge on any atom is 0.214 e. The number of nitrogens with two attached hydrogens (primary N) is 1. The van der Waals surface area contributed by atoms with E-state index in [2.05, 4.69) is 4.72 Å². The van der Waals surface area contributed by atoms with Gasteiger partial charge in [0.25, 0.3) is 0 Å². The van der Waals surface area contributed by atoms with E-state index in [1.165, 1.54) is 24.3 Å². The molecule has 3 N–H and O–H groups in total. The largest absolute Gasteiger partial charge is 0.379 e. The Morgan fingerprint density at radius 1 is 1.22 bits per heavy atom. The van der Waals surface area contributed by atoms with E-state index in [0.29, 0.717) is 18.7 Å². The van der Waals surface area contributed by atoms with Gasteiger partial charge < -0.3 is 10.5 Å². The van der Waals surface area contributed by atoms with Crippen LogP contribution < -0.4 is 10.5 Å². The Bertz CT molecular complexity index is 448. The quantitative estimate of drug-likeness (QED) is 0.666. The molecule has 0 spiro atoms. The zero-order chi connectivity index (χ0) is 13.4. The van der Waals surface area contributed by atoms with Gasteiger partial charge in [0, 0.05) is 13.1 Å². The van der Waals surface area contributed by atoms with Crippen molar-refractivity contribution in [3.63, 3.8) is 0 Å². The third kappa shape index (κ3) is 6.06. The predicted octanol–water partition coefficient (Wildman–Crippen LogP) is 0.220. The summed E-state index contributed by atoms with van der Waals surface area (Å²) in [6, 6.07) is 5.63. The molecule has 0 saturated heterocycles. The zero-order valence-electron chi connectivity index (χ0n) is 9.93. The highest BCUT2D eigenvalue weighted by atomic mass is 32.2. The van der Waals surface area contributed by atoms with Crippen LogP contribution in [0.2, 0.25) is 0 Å². The summed E-state index contributed by atoms with van der Waals surface area (Å²) in [4.78, 5) is 0. The Hall–Kier alpha value is -1.02. The van der Waals surface area contributed by atoms with Crippen molar-refractivity contribution in [2.24, 2.45) is 5.73 Å². The SMILES string of the molecule is NCCOCCS(=O)(=O)NCc1ccc(F)cc1. The number of nitrogens with one attached hydrogen (secondary N) is 1. The first-order valence-corrected chi connectivity index (χ1v) is 7.18. The molecule has 102 valence electrons. The van der Waals surface area contributed by atoms with Crippen LogP contribution in [0.25, 0.3) is 0 Å². The summed E-state index contributed by atoms with van der Waals surface area (Å²) in [7, 11) is -3.38. The number of halogens is 1. The summed E-state index contributed by atoms with van der Waals surface area (Å²) in [6.45, 7) is 0.950. The molecular formula is C11H17FN2O3S. The molecule has 0 saturated carbocycles. The second-order valence-electron chi connectivity index (χ2n) is 3.67. The highest BCUT2D eigenvalue weighted by Crippen LogP contribution is 2.02. The number of benzene rings is 1. The van der Waals surface area contributed by atoms with E-state index in [0.717, 1.165) is 0 Å². The molecule has 0 bridgehead atoms. The minimum absolute atomic E-state index is 0.107. The minimum Gasteiger partial charge on any atom is -0.379 e. The summed E-state index contributed by atoms with van der Waals surface area (Å²) in [5.74, 6) is -0.467. The fraction of sp³-hybridized carbons (Fsp3) is 0.455. The average Bonchev–Trinajstić information content (AvgIpc) is 2.34. The van der Waals surface area contributed by atoms with Crippen LogP contribution >= 0.6 is 0 Å². The maximum atomic E-state index is 12.6. The van der Waals surface area contributed by atoms with Crippen LogP contribution in [-0.2, 0) is 21.3 Å². The predicted molar refractivity (Wildman–Crippen MR) is 66.9 cm³/mol. The summed E-state index contributed by atoms with van der Waals surface area (Å²) in [5.41, 5.74) is 5.90. The van der Waals surface area contributed by atoms with Crippen molar-refractivity contribution < 1.29 is 17.5 Å². The Kier molecular flexibility index (Phi) is 6.20. The molecule has 0 fully saturated rings. The van der Waals surface area contributed by atoms with Gasteiger partial charge in [-0.3, -0.25) is 0 Å².